The molecule has 1 unspecified atom stereocenters. The topological polar surface area (TPSA) is 95.6 Å². The fraction of sp³-hybridized carbons (Fsp3) is 0.375. The largest absolute Gasteiger partial charge is 0.342 e. The Bertz CT molecular complexity index is 876. The molecule has 1 aliphatic rings. The molecule has 0 aliphatic carbocycles. The third-order valence-corrected chi connectivity index (χ3v) is 4.75. The highest BCUT2D eigenvalue weighted by Crippen LogP contribution is 2.31. The van der Waals surface area contributed by atoms with Crippen molar-refractivity contribution in [2.45, 2.75) is 18.4 Å². The Morgan fingerprint density at radius 1 is 1.41 bits per heavy atom. The predicted molar refractivity (Wildman–Crippen MR) is 97.5 cm³/mol. The summed E-state index contributed by atoms with van der Waals surface area (Å²) < 4.78 is 53.3. The first-order chi connectivity index (χ1) is 12.4. The second kappa shape index (κ2) is 7.81. The maximum Gasteiger partial charge on any atom is 0.271 e. The first-order valence-electron chi connectivity index (χ1n) is 7.80. The summed E-state index contributed by atoms with van der Waals surface area (Å²) in [7, 11) is -3.68. The van der Waals surface area contributed by atoms with E-state index < -0.39 is 46.8 Å². The van der Waals surface area contributed by atoms with Gasteiger partial charge in [-0.3, -0.25) is 14.3 Å². The van der Waals surface area contributed by atoms with E-state index >= 15 is 0 Å². The molecule has 1 aromatic rings. The van der Waals surface area contributed by atoms with E-state index in [1.165, 1.54) is 18.2 Å². The van der Waals surface area contributed by atoms with Crippen molar-refractivity contribution in [1.82, 2.24) is 10.2 Å². The molecule has 0 saturated carbocycles. The van der Waals surface area contributed by atoms with Crippen LogP contribution in [0.4, 0.5) is 14.5 Å². The Morgan fingerprint density at radius 3 is 2.67 bits per heavy atom. The first kappa shape index (κ1) is 21.1. The summed E-state index contributed by atoms with van der Waals surface area (Å²) in [5.41, 5.74) is -0.0946. The number of carbonyl (C=O) groups excluding carboxylic acids is 2. The van der Waals surface area contributed by atoms with E-state index in [2.05, 4.69) is 16.6 Å². The molecular formula is C16H18ClF2N3O4S. The minimum Gasteiger partial charge on any atom is -0.342 e. The molecule has 1 atom stereocenters. The number of alkyl halides is 2. The highest BCUT2D eigenvalue weighted by Gasteiger charge is 2.46. The molecule has 11 heteroatoms. The van der Waals surface area contributed by atoms with Gasteiger partial charge in [0.15, 0.2) is 0 Å². The molecule has 1 aliphatic heterocycles. The van der Waals surface area contributed by atoms with E-state index in [1.807, 2.05) is 0 Å². The summed E-state index contributed by atoms with van der Waals surface area (Å²) in [6.45, 7) is 2.50. The average molecular weight is 422 g/mol. The van der Waals surface area contributed by atoms with Crippen molar-refractivity contribution in [3.05, 3.63) is 41.4 Å². The van der Waals surface area contributed by atoms with Crippen LogP contribution in [0.1, 0.15) is 16.8 Å². The molecule has 1 aromatic carbocycles. The number of sulfonamides is 1. The van der Waals surface area contributed by atoms with Crippen LogP contribution in [0.2, 0.25) is 5.02 Å². The number of halogens is 3. The number of benzene rings is 1. The minimum absolute atomic E-state index is 0.0177. The van der Waals surface area contributed by atoms with Gasteiger partial charge in [0.2, 0.25) is 15.9 Å². The van der Waals surface area contributed by atoms with Gasteiger partial charge >= 0.3 is 0 Å². The summed E-state index contributed by atoms with van der Waals surface area (Å²) in [5.74, 6) is -4.66. The molecule has 2 amide bonds. The number of amides is 2. The molecule has 0 radical (unpaired) electrons. The Kier molecular flexibility index (Phi) is 6.10. The fourth-order valence-corrected chi connectivity index (χ4v) is 3.37. The monoisotopic (exact) mass is 421 g/mol. The Labute approximate surface area is 160 Å². The lowest BCUT2D eigenvalue weighted by molar-refractivity contribution is -0.124. The van der Waals surface area contributed by atoms with Gasteiger partial charge in [-0.05, 0) is 24.3 Å². The van der Waals surface area contributed by atoms with Gasteiger partial charge in [0.05, 0.1) is 17.5 Å². The molecule has 2 rings (SSSR count). The number of likely N-dealkylation sites (tertiary alicyclic amines) is 1. The van der Waals surface area contributed by atoms with Crippen LogP contribution in [0.5, 0.6) is 0 Å². The molecule has 1 fully saturated rings. The van der Waals surface area contributed by atoms with Gasteiger partial charge < -0.3 is 10.2 Å². The van der Waals surface area contributed by atoms with Crippen LogP contribution in [0.15, 0.2) is 30.9 Å². The Balaban J connectivity index is 2.31. The fourth-order valence-electron chi connectivity index (χ4n) is 2.62. The summed E-state index contributed by atoms with van der Waals surface area (Å²) in [6.07, 6.45) is 1.12. The number of anilines is 1. The Hall–Kier alpha value is -2.20. The quantitative estimate of drug-likeness (QED) is 0.709. The maximum atomic E-state index is 14.1. The van der Waals surface area contributed by atoms with E-state index in [0.717, 1.165) is 17.2 Å². The normalized spacial score (nSPS) is 19.3. The van der Waals surface area contributed by atoms with Crippen LogP contribution in [0.3, 0.4) is 0 Å². The smallest absolute Gasteiger partial charge is 0.271 e. The highest BCUT2D eigenvalue weighted by molar-refractivity contribution is 7.92. The van der Waals surface area contributed by atoms with Gasteiger partial charge in [-0.2, -0.15) is 0 Å². The third-order valence-electron chi connectivity index (χ3n) is 3.92. The van der Waals surface area contributed by atoms with Gasteiger partial charge in [0, 0.05) is 24.5 Å². The average Bonchev–Trinajstić information content (AvgIpc) is 2.56. The lowest BCUT2D eigenvalue weighted by Gasteiger charge is -2.38. The molecule has 1 heterocycles. The van der Waals surface area contributed by atoms with E-state index in [0.29, 0.717) is 0 Å². The summed E-state index contributed by atoms with van der Waals surface area (Å²) in [5, 5.41) is 2.30. The van der Waals surface area contributed by atoms with Crippen molar-refractivity contribution >= 4 is 39.1 Å². The number of nitrogens with one attached hydrogen (secondary N) is 2. The molecule has 2 N–H and O–H groups in total. The molecule has 7 nitrogen and oxygen atoms in total. The van der Waals surface area contributed by atoms with Gasteiger partial charge in [0.1, 0.15) is 6.04 Å². The van der Waals surface area contributed by atoms with Crippen molar-refractivity contribution in [2.75, 3.05) is 24.1 Å². The number of hydrogen-bond donors (Lipinski definition) is 2. The number of rotatable bonds is 5. The second-order valence-corrected chi connectivity index (χ2v) is 8.28. The van der Waals surface area contributed by atoms with Gasteiger partial charge in [-0.1, -0.05) is 18.2 Å². The number of carbonyl (C=O) groups is 2. The molecule has 148 valence electrons. The lowest BCUT2D eigenvalue weighted by atomic mass is 9.99. The SMILES string of the molecule is C=CC(=O)NC1CN(C(=O)c2cc(Cl)ccc2NS(C)(=O)=O)CCC1(F)F. The zero-order chi connectivity index (χ0) is 20.4. The van der Waals surface area contributed by atoms with Crippen LogP contribution < -0.4 is 10.0 Å². The van der Waals surface area contributed by atoms with Crippen LogP contribution in [0.25, 0.3) is 0 Å². The standard InChI is InChI=1S/C16H18ClF2N3O4S/c1-3-14(23)20-13-9-22(7-6-16(13,18)19)15(24)11-8-10(17)4-5-12(11)21-27(2,25)26/h3-5,8,13,21H,1,6-7,9H2,2H3,(H,20,23). The molecule has 0 bridgehead atoms. The molecule has 27 heavy (non-hydrogen) atoms. The van der Waals surface area contributed by atoms with E-state index in [1.54, 1.807) is 0 Å². The van der Waals surface area contributed by atoms with Crippen molar-refractivity contribution in [2.24, 2.45) is 0 Å². The summed E-state index contributed by atoms with van der Waals surface area (Å²) in [4.78, 5) is 25.4. The van der Waals surface area contributed by atoms with Crippen LogP contribution in [0, 0.1) is 0 Å². The molecule has 0 aromatic heterocycles. The minimum atomic E-state index is -3.68. The van der Waals surface area contributed by atoms with Gasteiger partial charge in [-0.15, -0.1) is 0 Å². The number of piperidine rings is 1. The maximum absolute atomic E-state index is 14.1. The van der Waals surface area contributed by atoms with Gasteiger partial charge in [-0.25, -0.2) is 17.2 Å². The van der Waals surface area contributed by atoms with E-state index in [9.17, 15) is 26.8 Å². The van der Waals surface area contributed by atoms with E-state index in [4.69, 9.17) is 11.6 Å². The predicted octanol–water partition coefficient (Wildman–Crippen LogP) is 1.86. The number of hydrogen-bond acceptors (Lipinski definition) is 4. The zero-order valence-electron chi connectivity index (χ0n) is 14.3. The van der Waals surface area contributed by atoms with Crippen molar-refractivity contribution < 1.29 is 26.8 Å². The van der Waals surface area contributed by atoms with Crippen LogP contribution in [-0.2, 0) is 14.8 Å². The highest BCUT2D eigenvalue weighted by atomic mass is 35.5. The van der Waals surface area contributed by atoms with Crippen molar-refractivity contribution in [1.29, 1.82) is 0 Å². The Morgan fingerprint density at radius 2 is 2.07 bits per heavy atom. The van der Waals surface area contributed by atoms with Crippen LogP contribution in [-0.4, -0.2) is 56.4 Å². The lowest BCUT2D eigenvalue weighted by Crippen LogP contribution is -2.59. The summed E-state index contributed by atoms with van der Waals surface area (Å²) in [6, 6.07) is 2.36. The summed E-state index contributed by atoms with van der Waals surface area (Å²) >= 11 is 5.90. The van der Waals surface area contributed by atoms with Crippen LogP contribution >= 0.6 is 11.6 Å². The zero-order valence-corrected chi connectivity index (χ0v) is 15.9. The first-order valence-corrected chi connectivity index (χ1v) is 10.1. The van der Waals surface area contributed by atoms with Gasteiger partial charge in [0.25, 0.3) is 11.8 Å². The van der Waals surface area contributed by atoms with Crippen molar-refractivity contribution in [3.63, 3.8) is 0 Å². The second-order valence-electron chi connectivity index (χ2n) is 6.09. The van der Waals surface area contributed by atoms with Crippen molar-refractivity contribution in [3.8, 4) is 0 Å². The molecule has 0 spiro atoms. The third kappa shape index (κ3) is 5.39. The molecule has 1 saturated heterocycles. The molecular weight excluding hydrogens is 404 g/mol. The van der Waals surface area contributed by atoms with E-state index in [-0.39, 0.29) is 22.8 Å². The number of nitrogens with zero attached hydrogens (tertiary/aromatic N) is 1.